The standard InChI is InChI=1S/C15H25N3O2S/c1-3-9-16-11-13-5-8-15(17-12-13)21(19,20)18(10-4-2)14-6-7-14/h5,8,12,14,16H,3-4,6-7,9-11H2,1-2H3. The van der Waals surface area contributed by atoms with Crippen LogP contribution in [0.3, 0.4) is 0 Å². The molecule has 1 aromatic rings. The summed E-state index contributed by atoms with van der Waals surface area (Å²) in [7, 11) is -3.44. The Hall–Kier alpha value is -0.980. The van der Waals surface area contributed by atoms with E-state index in [-0.39, 0.29) is 11.1 Å². The molecule has 1 saturated carbocycles. The number of pyridine rings is 1. The Labute approximate surface area is 127 Å². The molecule has 0 aromatic carbocycles. The number of sulfonamides is 1. The minimum Gasteiger partial charge on any atom is -0.313 e. The normalized spacial score (nSPS) is 15.6. The van der Waals surface area contributed by atoms with Gasteiger partial charge >= 0.3 is 0 Å². The lowest BCUT2D eigenvalue weighted by molar-refractivity contribution is 0.401. The average molecular weight is 311 g/mol. The molecule has 0 atom stereocenters. The summed E-state index contributed by atoms with van der Waals surface area (Å²) >= 11 is 0. The fraction of sp³-hybridized carbons (Fsp3) is 0.667. The van der Waals surface area contributed by atoms with Crippen LogP contribution in [0.15, 0.2) is 23.4 Å². The Morgan fingerprint density at radius 2 is 2.05 bits per heavy atom. The van der Waals surface area contributed by atoms with Gasteiger partial charge in [-0.05, 0) is 43.9 Å². The first-order valence-corrected chi connectivity index (χ1v) is 9.21. The zero-order chi connectivity index (χ0) is 15.3. The van der Waals surface area contributed by atoms with Crippen molar-refractivity contribution in [1.29, 1.82) is 0 Å². The van der Waals surface area contributed by atoms with Crippen LogP contribution in [-0.2, 0) is 16.6 Å². The van der Waals surface area contributed by atoms with Crippen molar-refractivity contribution in [2.75, 3.05) is 13.1 Å². The predicted octanol–water partition coefficient (Wildman–Crippen LogP) is 2.14. The second kappa shape index (κ2) is 7.33. The first kappa shape index (κ1) is 16.4. The van der Waals surface area contributed by atoms with Crippen molar-refractivity contribution in [3.05, 3.63) is 23.9 Å². The van der Waals surface area contributed by atoms with Gasteiger partial charge in [0, 0.05) is 25.3 Å². The third kappa shape index (κ3) is 4.25. The van der Waals surface area contributed by atoms with Gasteiger partial charge in [0.15, 0.2) is 5.03 Å². The van der Waals surface area contributed by atoms with Crippen molar-refractivity contribution < 1.29 is 8.42 Å². The Bertz CT molecular complexity index is 539. The fourth-order valence-corrected chi connectivity index (χ4v) is 3.97. The molecule has 1 aliphatic rings. The molecule has 1 fully saturated rings. The van der Waals surface area contributed by atoms with Gasteiger partial charge in [-0.15, -0.1) is 0 Å². The lowest BCUT2D eigenvalue weighted by atomic mass is 10.3. The first-order chi connectivity index (χ1) is 10.1. The average Bonchev–Trinajstić information content (AvgIpc) is 3.30. The second-order valence-electron chi connectivity index (χ2n) is 5.53. The summed E-state index contributed by atoms with van der Waals surface area (Å²) in [5.74, 6) is 0. The fourth-order valence-electron chi connectivity index (χ4n) is 2.28. The van der Waals surface area contributed by atoms with Gasteiger partial charge in [0.05, 0.1) is 0 Å². The van der Waals surface area contributed by atoms with Crippen LogP contribution >= 0.6 is 0 Å². The molecule has 0 saturated heterocycles. The van der Waals surface area contributed by atoms with Gasteiger partial charge < -0.3 is 5.32 Å². The van der Waals surface area contributed by atoms with Gasteiger partial charge in [0.1, 0.15) is 0 Å². The number of hydrogen-bond acceptors (Lipinski definition) is 4. The van der Waals surface area contributed by atoms with Crippen molar-refractivity contribution in [2.45, 2.75) is 57.1 Å². The molecule has 0 aliphatic heterocycles. The molecule has 0 amide bonds. The molecular formula is C15H25N3O2S. The van der Waals surface area contributed by atoms with Gasteiger partial charge in [0.25, 0.3) is 10.0 Å². The molecule has 1 N–H and O–H groups in total. The minimum absolute atomic E-state index is 0.169. The van der Waals surface area contributed by atoms with E-state index in [1.807, 2.05) is 13.0 Å². The number of nitrogens with zero attached hydrogens (tertiary/aromatic N) is 2. The Morgan fingerprint density at radius 3 is 2.57 bits per heavy atom. The molecule has 0 spiro atoms. The SMILES string of the molecule is CCCNCc1ccc(S(=O)(=O)N(CCC)C2CC2)nc1. The van der Waals surface area contributed by atoms with Crippen LogP contribution in [0.5, 0.6) is 0 Å². The number of nitrogens with one attached hydrogen (secondary N) is 1. The monoisotopic (exact) mass is 311 g/mol. The van der Waals surface area contributed by atoms with Crippen LogP contribution in [0.2, 0.25) is 0 Å². The molecule has 6 heteroatoms. The molecule has 21 heavy (non-hydrogen) atoms. The first-order valence-electron chi connectivity index (χ1n) is 7.77. The quantitative estimate of drug-likeness (QED) is 0.710. The van der Waals surface area contributed by atoms with E-state index in [0.717, 1.165) is 44.3 Å². The summed E-state index contributed by atoms with van der Waals surface area (Å²) in [5.41, 5.74) is 1.01. The molecule has 0 radical (unpaired) electrons. The highest BCUT2D eigenvalue weighted by Crippen LogP contribution is 2.31. The van der Waals surface area contributed by atoms with Gasteiger partial charge in [-0.3, -0.25) is 0 Å². The van der Waals surface area contributed by atoms with Gasteiger partial charge in [-0.1, -0.05) is 19.9 Å². The number of rotatable bonds is 9. The highest BCUT2D eigenvalue weighted by atomic mass is 32.2. The Balaban J connectivity index is 2.08. The van der Waals surface area contributed by atoms with E-state index in [1.165, 1.54) is 0 Å². The summed E-state index contributed by atoms with van der Waals surface area (Å²) in [6, 6.07) is 3.66. The van der Waals surface area contributed by atoms with Crippen LogP contribution < -0.4 is 5.32 Å². The molecule has 0 bridgehead atoms. The summed E-state index contributed by atoms with van der Waals surface area (Å²) in [4.78, 5) is 4.17. The van der Waals surface area contributed by atoms with Crippen molar-refractivity contribution in [2.24, 2.45) is 0 Å². The van der Waals surface area contributed by atoms with Crippen LogP contribution in [0, 0.1) is 0 Å². The zero-order valence-corrected chi connectivity index (χ0v) is 13.7. The third-order valence-electron chi connectivity index (χ3n) is 3.52. The lowest BCUT2D eigenvalue weighted by Gasteiger charge is -2.20. The largest absolute Gasteiger partial charge is 0.313 e. The van der Waals surface area contributed by atoms with E-state index in [9.17, 15) is 8.42 Å². The second-order valence-corrected chi connectivity index (χ2v) is 7.37. The summed E-state index contributed by atoms with van der Waals surface area (Å²) < 4.78 is 26.9. The molecule has 118 valence electrons. The van der Waals surface area contributed by atoms with Gasteiger partial charge in [0.2, 0.25) is 0 Å². The van der Waals surface area contributed by atoms with Crippen LogP contribution in [-0.4, -0.2) is 36.8 Å². The summed E-state index contributed by atoms with van der Waals surface area (Å²) in [6.45, 7) is 6.37. The van der Waals surface area contributed by atoms with Gasteiger partial charge in [-0.2, -0.15) is 4.31 Å². The van der Waals surface area contributed by atoms with Crippen LogP contribution in [0.25, 0.3) is 0 Å². The highest BCUT2D eigenvalue weighted by Gasteiger charge is 2.37. The molecule has 5 nitrogen and oxygen atoms in total. The molecule has 1 heterocycles. The number of hydrogen-bond donors (Lipinski definition) is 1. The van der Waals surface area contributed by atoms with Crippen LogP contribution in [0.1, 0.15) is 45.1 Å². The van der Waals surface area contributed by atoms with E-state index >= 15 is 0 Å². The summed E-state index contributed by atoms with van der Waals surface area (Å²) in [6.07, 6.45) is 5.51. The maximum Gasteiger partial charge on any atom is 0.260 e. The lowest BCUT2D eigenvalue weighted by Crippen LogP contribution is -2.34. The Kier molecular flexibility index (Phi) is 5.72. The predicted molar refractivity (Wildman–Crippen MR) is 83.4 cm³/mol. The van der Waals surface area contributed by atoms with E-state index in [4.69, 9.17) is 0 Å². The third-order valence-corrected chi connectivity index (χ3v) is 5.39. The topological polar surface area (TPSA) is 62.3 Å². The minimum atomic E-state index is -3.44. The highest BCUT2D eigenvalue weighted by molar-refractivity contribution is 7.89. The van der Waals surface area contributed by atoms with E-state index in [0.29, 0.717) is 6.54 Å². The van der Waals surface area contributed by atoms with Gasteiger partial charge in [-0.25, -0.2) is 13.4 Å². The van der Waals surface area contributed by atoms with Crippen LogP contribution in [0.4, 0.5) is 0 Å². The van der Waals surface area contributed by atoms with Crippen molar-refractivity contribution in [1.82, 2.24) is 14.6 Å². The maximum absolute atomic E-state index is 12.6. The molecule has 2 rings (SSSR count). The zero-order valence-electron chi connectivity index (χ0n) is 12.9. The van der Waals surface area contributed by atoms with E-state index in [2.05, 4.69) is 17.2 Å². The smallest absolute Gasteiger partial charge is 0.260 e. The Morgan fingerprint density at radius 1 is 1.29 bits per heavy atom. The van der Waals surface area contributed by atoms with E-state index < -0.39 is 10.0 Å². The molecular weight excluding hydrogens is 286 g/mol. The molecule has 1 aromatic heterocycles. The van der Waals surface area contributed by atoms with Crippen molar-refractivity contribution in [3.8, 4) is 0 Å². The van der Waals surface area contributed by atoms with E-state index in [1.54, 1.807) is 16.6 Å². The molecule has 0 unspecified atom stereocenters. The number of aromatic nitrogens is 1. The molecule has 1 aliphatic carbocycles. The maximum atomic E-state index is 12.6. The van der Waals surface area contributed by atoms with Crippen molar-refractivity contribution in [3.63, 3.8) is 0 Å². The summed E-state index contributed by atoms with van der Waals surface area (Å²) in [5, 5.41) is 3.45. The van der Waals surface area contributed by atoms with Crippen molar-refractivity contribution >= 4 is 10.0 Å².